The van der Waals surface area contributed by atoms with E-state index in [0.717, 1.165) is 5.56 Å². The third-order valence-corrected chi connectivity index (χ3v) is 5.57. The van der Waals surface area contributed by atoms with Crippen LogP contribution in [0.25, 0.3) is 5.76 Å². The van der Waals surface area contributed by atoms with Crippen LogP contribution in [-0.2, 0) is 16.1 Å². The molecule has 3 aromatic rings. The molecule has 1 aliphatic heterocycles. The number of Topliss-reactive ketones (excluding diaryl/α,β-unsaturated/α-hetero) is 1. The first-order valence-corrected chi connectivity index (χ1v) is 11.0. The largest absolute Gasteiger partial charge is 0.507 e. The van der Waals surface area contributed by atoms with Crippen LogP contribution in [0.5, 0.6) is 11.5 Å². The first-order chi connectivity index (χ1) is 16.4. The predicted molar refractivity (Wildman–Crippen MR) is 127 cm³/mol. The number of hydrogen-bond donors (Lipinski definition) is 1. The van der Waals surface area contributed by atoms with Crippen LogP contribution in [0.2, 0.25) is 0 Å². The number of ether oxygens (including phenoxy) is 2. The topological polar surface area (TPSA) is 89.0 Å². The number of aliphatic hydroxyl groups is 1. The number of benzene rings is 2. The molecule has 1 amide bonds. The Hall–Kier alpha value is -4.13. The molecule has 1 aliphatic rings. The summed E-state index contributed by atoms with van der Waals surface area (Å²) in [5.41, 5.74) is 1.99. The smallest absolute Gasteiger partial charge is 0.295 e. The summed E-state index contributed by atoms with van der Waals surface area (Å²) >= 11 is 0. The minimum atomic E-state index is -0.759. The maximum atomic E-state index is 13.2. The van der Waals surface area contributed by atoms with Gasteiger partial charge in [-0.05, 0) is 73.5 Å². The molecule has 2 aromatic carbocycles. The molecule has 2 heterocycles. The van der Waals surface area contributed by atoms with Crippen LogP contribution in [0.4, 0.5) is 0 Å². The van der Waals surface area contributed by atoms with Crippen LogP contribution in [0.3, 0.4) is 0 Å². The van der Waals surface area contributed by atoms with Gasteiger partial charge in [0.05, 0.1) is 24.8 Å². The van der Waals surface area contributed by atoms with Gasteiger partial charge in [-0.3, -0.25) is 14.6 Å². The first-order valence-electron chi connectivity index (χ1n) is 11.0. The number of hydrogen-bond acceptors (Lipinski definition) is 6. The zero-order valence-corrected chi connectivity index (χ0v) is 19.3. The number of aromatic nitrogens is 1. The van der Waals surface area contributed by atoms with E-state index in [4.69, 9.17) is 9.47 Å². The fourth-order valence-corrected chi connectivity index (χ4v) is 3.98. The van der Waals surface area contributed by atoms with E-state index in [-0.39, 0.29) is 24.0 Å². The van der Waals surface area contributed by atoms with Gasteiger partial charge < -0.3 is 19.5 Å². The van der Waals surface area contributed by atoms with E-state index in [1.54, 1.807) is 80.2 Å². The van der Waals surface area contributed by atoms with Crippen molar-refractivity contribution in [2.45, 2.75) is 32.5 Å². The second-order valence-corrected chi connectivity index (χ2v) is 8.25. The molecular formula is C27H26N2O5. The molecule has 0 bridgehead atoms. The van der Waals surface area contributed by atoms with Crippen LogP contribution < -0.4 is 9.47 Å². The van der Waals surface area contributed by atoms with Crippen molar-refractivity contribution < 1.29 is 24.2 Å². The van der Waals surface area contributed by atoms with Crippen molar-refractivity contribution in [3.05, 3.63) is 95.3 Å². The summed E-state index contributed by atoms with van der Waals surface area (Å²) in [6.45, 7) is 4.04. The van der Waals surface area contributed by atoms with Crippen molar-refractivity contribution in [1.82, 2.24) is 9.88 Å². The van der Waals surface area contributed by atoms with E-state index in [1.165, 1.54) is 4.90 Å². The zero-order valence-electron chi connectivity index (χ0n) is 19.3. The molecule has 1 unspecified atom stereocenters. The lowest BCUT2D eigenvalue weighted by atomic mass is 9.95. The van der Waals surface area contributed by atoms with Gasteiger partial charge in [-0.25, -0.2) is 0 Å². The maximum Gasteiger partial charge on any atom is 0.295 e. The minimum Gasteiger partial charge on any atom is -0.507 e. The number of carbonyl (C=O) groups is 2. The highest BCUT2D eigenvalue weighted by atomic mass is 16.5. The van der Waals surface area contributed by atoms with E-state index in [1.807, 2.05) is 13.8 Å². The van der Waals surface area contributed by atoms with Crippen LogP contribution in [0, 0.1) is 0 Å². The van der Waals surface area contributed by atoms with Crippen LogP contribution in [-0.4, -0.2) is 39.9 Å². The van der Waals surface area contributed by atoms with Crippen molar-refractivity contribution in [3.8, 4) is 11.5 Å². The van der Waals surface area contributed by atoms with E-state index >= 15 is 0 Å². The molecule has 4 rings (SSSR count). The SMILES string of the molecule is COc1ccc(C2/C(=C(\O)c3ccc(OC(C)C)cc3)C(=O)C(=O)N2Cc2ccncc2)cc1. The average Bonchev–Trinajstić information content (AvgIpc) is 3.09. The third kappa shape index (κ3) is 4.64. The van der Waals surface area contributed by atoms with Crippen molar-refractivity contribution in [2.24, 2.45) is 0 Å². The number of nitrogens with zero attached hydrogens (tertiary/aromatic N) is 2. The molecule has 34 heavy (non-hydrogen) atoms. The summed E-state index contributed by atoms with van der Waals surface area (Å²) in [6, 6.07) is 16.7. The Morgan fingerprint density at radius 2 is 1.59 bits per heavy atom. The standard InChI is InChI=1S/C27H26N2O5/c1-17(2)34-22-10-6-20(7-11-22)25(30)23-24(19-4-8-21(33-3)9-5-19)29(27(32)26(23)31)16-18-12-14-28-15-13-18/h4-15,17,24,30H,16H2,1-3H3/b25-23+. The van der Waals surface area contributed by atoms with Gasteiger partial charge in [0.2, 0.25) is 0 Å². The van der Waals surface area contributed by atoms with E-state index in [9.17, 15) is 14.7 Å². The molecule has 1 fully saturated rings. The second kappa shape index (κ2) is 9.79. The average molecular weight is 459 g/mol. The number of likely N-dealkylation sites (tertiary alicyclic amines) is 1. The molecule has 7 nitrogen and oxygen atoms in total. The van der Waals surface area contributed by atoms with Crippen molar-refractivity contribution >= 4 is 17.4 Å². The zero-order chi connectivity index (χ0) is 24.2. The highest BCUT2D eigenvalue weighted by Crippen LogP contribution is 2.40. The lowest BCUT2D eigenvalue weighted by Gasteiger charge is -2.25. The second-order valence-electron chi connectivity index (χ2n) is 8.25. The van der Waals surface area contributed by atoms with Crippen molar-refractivity contribution in [1.29, 1.82) is 0 Å². The Labute approximate surface area is 198 Å². The third-order valence-electron chi connectivity index (χ3n) is 5.57. The normalized spacial score (nSPS) is 17.3. The number of methoxy groups -OCH3 is 1. The Morgan fingerprint density at radius 1 is 0.971 bits per heavy atom. The van der Waals surface area contributed by atoms with Gasteiger partial charge >= 0.3 is 0 Å². The summed E-state index contributed by atoms with van der Waals surface area (Å²) in [7, 11) is 1.57. The van der Waals surface area contributed by atoms with Gasteiger partial charge in [0.25, 0.3) is 11.7 Å². The van der Waals surface area contributed by atoms with Gasteiger partial charge in [-0.2, -0.15) is 0 Å². The van der Waals surface area contributed by atoms with Gasteiger partial charge in [0.15, 0.2) is 0 Å². The Bertz CT molecular complexity index is 1200. The fourth-order valence-electron chi connectivity index (χ4n) is 3.98. The van der Waals surface area contributed by atoms with E-state index in [0.29, 0.717) is 22.6 Å². The van der Waals surface area contributed by atoms with Crippen molar-refractivity contribution in [3.63, 3.8) is 0 Å². The molecule has 1 aromatic heterocycles. The van der Waals surface area contributed by atoms with Gasteiger partial charge in [0.1, 0.15) is 17.3 Å². The van der Waals surface area contributed by atoms with Crippen LogP contribution >= 0.6 is 0 Å². The highest BCUT2D eigenvalue weighted by molar-refractivity contribution is 6.46. The quantitative estimate of drug-likeness (QED) is 0.319. The molecule has 7 heteroatoms. The number of rotatable bonds is 7. The molecule has 0 spiro atoms. The molecular weight excluding hydrogens is 432 g/mol. The number of pyridine rings is 1. The predicted octanol–water partition coefficient (Wildman–Crippen LogP) is 4.50. The molecule has 174 valence electrons. The lowest BCUT2D eigenvalue weighted by Crippen LogP contribution is -2.29. The molecule has 0 radical (unpaired) electrons. The maximum absolute atomic E-state index is 13.2. The number of amides is 1. The molecule has 1 atom stereocenters. The lowest BCUT2D eigenvalue weighted by molar-refractivity contribution is -0.140. The number of ketones is 1. The Balaban J connectivity index is 1.79. The molecule has 0 aliphatic carbocycles. The Kier molecular flexibility index (Phi) is 6.63. The van der Waals surface area contributed by atoms with Gasteiger partial charge in [-0.15, -0.1) is 0 Å². The van der Waals surface area contributed by atoms with Crippen LogP contribution in [0.1, 0.15) is 36.6 Å². The summed E-state index contributed by atoms with van der Waals surface area (Å²) in [5, 5.41) is 11.2. The van der Waals surface area contributed by atoms with Gasteiger partial charge in [-0.1, -0.05) is 12.1 Å². The molecule has 0 saturated carbocycles. The summed E-state index contributed by atoms with van der Waals surface area (Å²) < 4.78 is 10.9. The monoisotopic (exact) mass is 458 g/mol. The minimum absolute atomic E-state index is 0.00744. The van der Waals surface area contributed by atoms with Gasteiger partial charge in [0, 0.05) is 24.5 Å². The summed E-state index contributed by atoms with van der Waals surface area (Å²) in [4.78, 5) is 31.8. The van der Waals surface area contributed by atoms with E-state index in [2.05, 4.69) is 4.98 Å². The molecule has 1 N–H and O–H groups in total. The Morgan fingerprint density at radius 3 is 2.18 bits per heavy atom. The van der Waals surface area contributed by atoms with Crippen molar-refractivity contribution in [2.75, 3.05) is 7.11 Å². The van der Waals surface area contributed by atoms with Crippen LogP contribution in [0.15, 0.2) is 78.6 Å². The highest BCUT2D eigenvalue weighted by Gasteiger charge is 2.46. The number of carbonyl (C=O) groups excluding carboxylic acids is 2. The fraction of sp³-hybridized carbons (Fsp3) is 0.222. The molecule has 1 saturated heterocycles. The first kappa shape index (κ1) is 23.0. The summed E-state index contributed by atoms with van der Waals surface area (Å²) in [6.07, 6.45) is 3.28. The summed E-state index contributed by atoms with van der Waals surface area (Å²) in [5.74, 6) is -0.326. The number of aliphatic hydroxyl groups excluding tert-OH is 1. The van der Waals surface area contributed by atoms with E-state index < -0.39 is 17.7 Å².